The molecule has 2 rings (SSSR count). The van der Waals surface area contributed by atoms with E-state index >= 15 is 0 Å². The molecule has 2 aromatic carbocycles. The van der Waals surface area contributed by atoms with Crippen molar-refractivity contribution in [2.45, 2.75) is 25.6 Å². The van der Waals surface area contributed by atoms with Crippen molar-refractivity contribution in [2.24, 2.45) is 0 Å². The van der Waals surface area contributed by atoms with Crippen LogP contribution in [0.25, 0.3) is 0 Å². The second-order valence-corrected chi connectivity index (χ2v) is 7.19. The lowest BCUT2D eigenvalue weighted by Gasteiger charge is -2.19. The molecule has 6 nitrogen and oxygen atoms in total. The van der Waals surface area contributed by atoms with Gasteiger partial charge in [0.1, 0.15) is 17.5 Å². The number of ether oxygens (including phenoxy) is 2. The third-order valence-corrected chi connectivity index (χ3v) is 4.66. The molecule has 1 atom stereocenters. The molecular weight excluding hydrogens is 414 g/mol. The predicted molar refractivity (Wildman–Crippen MR) is 112 cm³/mol. The SMILES string of the molecule is CSCCC(NC(=O)COc1ccccc1)C(=O)NCc1ccccc1OC(F)F. The largest absolute Gasteiger partial charge is 0.484 e. The van der Waals surface area contributed by atoms with E-state index in [2.05, 4.69) is 15.4 Å². The molecule has 0 saturated carbocycles. The van der Waals surface area contributed by atoms with E-state index in [4.69, 9.17) is 4.74 Å². The Bertz CT molecular complexity index is 809. The number of carbonyl (C=O) groups is 2. The topological polar surface area (TPSA) is 76.7 Å². The molecule has 0 bridgehead atoms. The fraction of sp³-hybridized carbons (Fsp3) is 0.333. The molecule has 0 radical (unpaired) electrons. The van der Waals surface area contributed by atoms with Crippen molar-refractivity contribution in [3.8, 4) is 11.5 Å². The average molecular weight is 438 g/mol. The third kappa shape index (κ3) is 8.28. The van der Waals surface area contributed by atoms with Crippen molar-refractivity contribution in [1.29, 1.82) is 0 Å². The Morgan fingerprint density at radius 1 is 1.07 bits per heavy atom. The molecular formula is C21H24F2N2O4S. The first kappa shape index (κ1) is 23.5. The first-order chi connectivity index (χ1) is 14.5. The Labute approximate surface area is 178 Å². The van der Waals surface area contributed by atoms with Crippen molar-refractivity contribution >= 4 is 23.6 Å². The predicted octanol–water partition coefficient (Wildman–Crippen LogP) is 3.22. The van der Waals surface area contributed by atoms with Gasteiger partial charge in [-0.05, 0) is 36.6 Å². The number of thioether (sulfide) groups is 1. The number of benzene rings is 2. The zero-order valence-corrected chi connectivity index (χ0v) is 17.3. The van der Waals surface area contributed by atoms with Crippen LogP contribution in [0.15, 0.2) is 54.6 Å². The maximum Gasteiger partial charge on any atom is 0.387 e. The summed E-state index contributed by atoms with van der Waals surface area (Å²) in [5, 5.41) is 5.34. The quantitative estimate of drug-likeness (QED) is 0.532. The Balaban J connectivity index is 1.92. The zero-order chi connectivity index (χ0) is 21.8. The van der Waals surface area contributed by atoms with E-state index in [0.29, 0.717) is 23.5 Å². The van der Waals surface area contributed by atoms with Crippen LogP contribution in [0.4, 0.5) is 8.78 Å². The monoisotopic (exact) mass is 438 g/mol. The summed E-state index contributed by atoms with van der Waals surface area (Å²) in [4.78, 5) is 24.8. The van der Waals surface area contributed by atoms with Gasteiger partial charge in [-0.3, -0.25) is 9.59 Å². The number of nitrogens with one attached hydrogen (secondary N) is 2. The van der Waals surface area contributed by atoms with Crippen LogP contribution in [0.2, 0.25) is 0 Å². The molecule has 1 unspecified atom stereocenters. The smallest absolute Gasteiger partial charge is 0.387 e. The van der Waals surface area contributed by atoms with Crippen LogP contribution in [0.3, 0.4) is 0 Å². The van der Waals surface area contributed by atoms with Crippen molar-refractivity contribution in [3.63, 3.8) is 0 Å². The zero-order valence-electron chi connectivity index (χ0n) is 16.5. The minimum absolute atomic E-state index is 0.00578. The number of hydrogen-bond donors (Lipinski definition) is 2. The number of halogens is 2. The molecule has 0 saturated heterocycles. The second kappa shape index (κ2) is 12.7. The Morgan fingerprint density at radius 2 is 1.77 bits per heavy atom. The molecule has 0 heterocycles. The third-order valence-electron chi connectivity index (χ3n) is 4.02. The number of alkyl halides is 2. The maximum atomic E-state index is 12.6. The van der Waals surface area contributed by atoms with Gasteiger partial charge in [-0.15, -0.1) is 0 Å². The van der Waals surface area contributed by atoms with E-state index in [1.54, 1.807) is 54.2 Å². The number of amides is 2. The summed E-state index contributed by atoms with van der Waals surface area (Å²) in [5.74, 6) is 0.357. The summed E-state index contributed by atoms with van der Waals surface area (Å²) in [6, 6.07) is 14.3. The van der Waals surface area contributed by atoms with Gasteiger partial charge in [-0.25, -0.2) is 0 Å². The van der Waals surface area contributed by atoms with E-state index in [9.17, 15) is 18.4 Å². The first-order valence-electron chi connectivity index (χ1n) is 9.26. The van der Waals surface area contributed by atoms with Crippen LogP contribution >= 0.6 is 11.8 Å². The number of carbonyl (C=O) groups excluding carboxylic acids is 2. The van der Waals surface area contributed by atoms with Crippen molar-refractivity contribution in [2.75, 3.05) is 18.6 Å². The summed E-state index contributed by atoms with van der Waals surface area (Å²) in [5.41, 5.74) is 0.411. The average Bonchev–Trinajstić information content (AvgIpc) is 2.74. The molecule has 2 amide bonds. The molecule has 0 spiro atoms. The summed E-state index contributed by atoms with van der Waals surface area (Å²) in [6.45, 7) is -3.19. The van der Waals surface area contributed by atoms with Gasteiger partial charge in [0.2, 0.25) is 5.91 Å². The van der Waals surface area contributed by atoms with Crippen LogP contribution in [0.1, 0.15) is 12.0 Å². The van der Waals surface area contributed by atoms with Crippen LogP contribution in [-0.2, 0) is 16.1 Å². The van der Waals surface area contributed by atoms with Crippen molar-refractivity contribution < 1.29 is 27.8 Å². The van der Waals surface area contributed by atoms with Gasteiger partial charge < -0.3 is 20.1 Å². The number of hydrogen-bond acceptors (Lipinski definition) is 5. The highest BCUT2D eigenvalue weighted by Crippen LogP contribution is 2.20. The van der Waals surface area contributed by atoms with E-state index in [-0.39, 0.29) is 18.9 Å². The molecule has 162 valence electrons. The van der Waals surface area contributed by atoms with Crippen molar-refractivity contribution in [3.05, 3.63) is 60.2 Å². The summed E-state index contributed by atoms with van der Waals surface area (Å²) < 4.78 is 34.9. The molecule has 0 aliphatic rings. The highest BCUT2D eigenvalue weighted by molar-refractivity contribution is 7.98. The molecule has 30 heavy (non-hydrogen) atoms. The van der Waals surface area contributed by atoms with Gasteiger partial charge in [0.25, 0.3) is 5.91 Å². The lowest BCUT2D eigenvalue weighted by molar-refractivity contribution is -0.130. The molecule has 0 fully saturated rings. The standard InChI is InChI=1S/C21H24F2N2O4S/c1-30-12-11-17(25-19(26)14-28-16-8-3-2-4-9-16)20(27)24-13-15-7-5-6-10-18(15)29-21(22)23/h2-10,17,21H,11-14H2,1H3,(H,24,27)(H,25,26). The highest BCUT2D eigenvalue weighted by atomic mass is 32.2. The van der Waals surface area contributed by atoms with E-state index in [1.165, 1.54) is 6.07 Å². The van der Waals surface area contributed by atoms with Gasteiger partial charge in [0.05, 0.1) is 0 Å². The van der Waals surface area contributed by atoms with Gasteiger partial charge in [-0.1, -0.05) is 36.4 Å². The highest BCUT2D eigenvalue weighted by Gasteiger charge is 2.21. The van der Waals surface area contributed by atoms with Crippen LogP contribution in [-0.4, -0.2) is 43.1 Å². The normalized spacial score (nSPS) is 11.6. The van der Waals surface area contributed by atoms with E-state index < -0.39 is 24.5 Å². The summed E-state index contributed by atoms with van der Waals surface area (Å²) >= 11 is 1.54. The fourth-order valence-corrected chi connectivity index (χ4v) is 3.04. The Kier molecular flexibility index (Phi) is 9.93. The molecule has 0 aromatic heterocycles. The second-order valence-electron chi connectivity index (χ2n) is 6.21. The summed E-state index contributed by atoms with van der Waals surface area (Å²) in [6.07, 6.45) is 2.31. The molecule has 9 heteroatoms. The number of para-hydroxylation sites is 2. The fourth-order valence-electron chi connectivity index (χ4n) is 2.57. The molecule has 2 aromatic rings. The van der Waals surface area contributed by atoms with Crippen LogP contribution in [0.5, 0.6) is 11.5 Å². The van der Waals surface area contributed by atoms with Gasteiger partial charge in [0, 0.05) is 12.1 Å². The molecule has 0 aliphatic heterocycles. The molecule has 2 N–H and O–H groups in total. The Hall–Kier alpha value is -2.81. The lowest BCUT2D eigenvalue weighted by Crippen LogP contribution is -2.48. The van der Waals surface area contributed by atoms with Crippen LogP contribution in [0, 0.1) is 0 Å². The summed E-state index contributed by atoms with van der Waals surface area (Å²) in [7, 11) is 0. The van der Waals surface area contributed by atoms with E-state index in [0.717, 1.165) is 0 Å². The van der Waals surface area contributed by atoms with Gasteiger partial charge >= 0.3 is 6.61 Å². The van der Waals surface area contributed by atoms with Gasteiger partial charge in [0.15, 0.2) is 6.61 Å². The minimum Gasteiger partial charge on any atom is -0.484 e. The first-order valence-corrected chi connectivity index (χ1v) is 10.7. The minimum atomic E-state index is -2.96. The Morgan fingerprint density at radius 3 is 2.47 bits per heavy atom. The van der Waals surface area contributed by atoms with Crippen LogP contribution < -0.4 is 20.1 Å². The maximum absolute atomic E-state index is 12.6. The van der Waals surface area contributed by atoms with Crippen molar-refractivity contribution in [1.82, 2.24) is 10.6 Å². The number of rotatable bonds is 12. The van der Waals surface area contributed by atoms with E-state index in [1.807, 2.05) is 12.3 Å². The molecule has 0 aliphatic carbocycles. The van der Waals surface area contributed by atoms with Gasteiger partial charge in [-0.2, -0.15) is 20.5 Å². The lowest BCUT2D eigenvalue weighted by atomic mass is 10.1.